The van der Waals surface area contributed by atoms with Crippen LogP contribution in [0.25, 0.3) is 0 Å². The minimum Gasteiger partial charge on any atom is -0.486 e. The molecule has 0 radical (unpaired) electrons. The zero-order chi connectivity index (χ0) is 21.8. The van der Waals surface area contributed by atoms with Crippen molar-refractivity contribution in [3.05, 3.63) is 54.1 Å². The highest BCUT2D eigenvalue weighted by molar-refractivity contribution is 7.89. The van der Waals surface area contributed by atoms with E-state index < -0.39 is 10.0 Å². The summed E-state index contributed by atoms with van der Waals surface area (Å²) in [6.07, 6.45) is 1.75. The number of nitrogens with zero attached hydrogens (tertiary/aromatic N) is 1. The monoisotopic (exact) mass is 444 g/mol. The van der Waals surface area contributed by atoms with Crippen LogP contribution in [0.4, 0.5) is 0 Å². The SMILES string of the molecule is CC(NC(=O)CC1CCN(S(=O)(=O)c2ccccc2)CC1)c1ccc2c(c1)OCCO2. The van der Waals surface area contributed by atoms with Gasteiger partial charge in [-0.25, -0.2) is 8.42 Å². The maximum Gasteiger partial charge on any atom is 0.243 e. The number of amides is 1. The summed E-state index contributed by atoms with van der Waals surface area (Å²) in [6.45, 7) is 3.89. The number of hydrogen-bond acceptors (Lipinski definition) is 5. The minimum atomic E-state index is -3.47. The summed E-state index contributed by atoms with van der Waals surface area (Å²) < 4.78 is 38.2. The van der Waals surface area contributed by atoms with Crippen LogP contribution in [0.2, 0.25) is 0 Å². The topological polar surface area (TPSA) is 84.9 Å². The van der Waals surface area contributed by atoms with Gasteiger partial charge in [0.2, 0.25) is 15.9 Å². The van der Waals surface area contributed by atoms with E-state index in [1.54, 1.807) is 30.3 Å². The van der Waals surface area contributed by atoms with Crippen LogP contribution >= 0.6 is 0 Å². The number of fused-ring (bicyclic) bond motifs is 1. The Morgan fingerprint density at radius 3 is 2.45 bits per heavy atom. The molecule has 1 unspecified atom stereocenters. The Bertz CT molecular complexity index is 1020. The molecule has 0 bridgehead atoms. The van der Waals surface area contributed by atoms with Crippen LogP contribution in [0.15, 0.2) is 53.4 Å². The van der Waals surface area contributed by atoms with Crippen molar-refractivity contribution >= 4 is 15.9 Å². The number of hydrogen-bond donors (Lipinski definition) is 1. The van der Waals surface area contributed by atoms with Gasteiger partial charge in [0.05, 0.1) is 10.9 Å². The number of nitrogens with one attached hydrogen (secondary N) is 1. The van der Waals surface area contributed by atoms with E-state index in [1.807, 2.05) is 25.1 Å². The van der Waals surface area contributed by atoms with Gasteiger partial charge in [-0.05, 0) is 55.5 Å². The Balaban J connectivity index is 1.28. The van der Waals surface area contributed by atoms with Crippen molar-refractivity contribution in [2.45, 2.75) is 37.1 Å². The van der Waals surface area contributed by atoms with Crippen LogP contribution < -0.4 is 14.8 Å². The fourth-order valence-electron chi connectivity index (χ4n) is 4.07. The quantitative estimate of drug-likeness (QED) is 0.740. The van der Waals surface area contributed by atoms with Gasteiger partial charge in [-0.1, -0.05) is 24.3 Å². The van der Waals surface area contributed by atoms with Gasteiger partial charge >= 0.3 is 0 Å². The van der Waals surface area contributed by atoms with Gasteiger partial charge in [-0.2, -0.15) is 4.31 Å². The Kier molecular flexibility index (Phi) is 6.48. The lowest BCUT2D eigenvalue weighted by Crippen LogP contribution is -2.39. The molecule has 1 fully saturated rings. The lowest BCUT2D eigenvalue weighted by atomic mass is 9.94. The molecule has 8 heteroatoms. The summed E-state index contributed by atoms with van der Waals surface area (Å²) in [5, 5.41) is 3.05. The second-order valence-corrected chi connectivity index (χ2v) is 9.99. The van der Waals surface area contributed by atoms with E-state index in [-0.39, 0.29) is 17.9 Å². The summed E-state index contributed by atoms with van der Waals surface area (Å²) in [5.74, 6) is 1.59. The Morgan fingerprint density at radius 1 is 1.06 bits per heavy atom. The van der Waals surface area contributed by atoms with Crippen molar-refractivity contribution in [3.8, 4) is 11.5 Å². The van der Waals surface area contributed by atoms with Gasteiger partial charge in [0.15, 0.2) is 11.5 Å². The number of benzene rings is 2. The zero-order valence-corrected chi connectivity index (χ0v) is 18.4. The zero-order valence-electron chi connectivity index (χ0n) is 17.6. The lowest BCUT2D eigenvalue weighted by Gasteiger charge is -2.31. The molecule has 2 aliphatic heterocycles. The number of piperidine rings is 1. The fraction of sp³-hybridized carbons (Fsp3) is 0.435. The Labute approximate surface area is 183 Å². The first-order valence-corrected chi connectivity index (χ1v) is 12.1. The summed E-state index contributed by atoms with van der Waals surface area (Å²) in [5.41, 5.74) is 0.960. The molecule has 31 heavy (non-hydrogen) atoms. The maximum atomic E-state index is 12.7. The fourth-order valence-corrected chi connectivity index (χ4v) is 5.56. The Hall–Kier alpha value is -2.58. The third kappa shape index (κ3) is 5.02. The molecule has 7 nitrogen and oxygen atoms in total. The first-order valence-electron chi connectivity index (χ1n) is 10.7. The van der Waals surface area contributed by atoms with Gasteiger partial charge in [0, 0.05) is 19.5 Å². The van der Waals surface area contributed by atoms with Crippen molar-refractivity contribution in [3.63, 3.8) is 0 Å². The molecular formula is C23H28N2O5S. The third-order valence-electron chi connectivity index (χ3n) is 5.87. The first kappa shape index (κ1) is 21.6. The minimum absolute atomic E-state index is 0.0215. The molecule has 0 spiro atoms. The Morgan fingerprint density at radius 2 is 1.74 bits per heavy atom. The molecule has 0 aromatic heterocycles. The lowest BCUT2D eigenvalue weighted by molar-refractivity contribution is -0.122. The van der Waals surface area contributed by atoms with Crippen LogP contribution in [0.3, 0.4) is 0 Å². The van der Waals surface area contributed by atoms with Crippen molar-refractivity contribution in [2.75, 3.05) is 26.3 Å². The molecular weight excluding hydrogens is 416 g/mol. The third-order valence-corrected chi connectivity index (χ3v) is 7.79. The van der Waals surface area contributed by atoms with E-state index in [4.69, 9.17) is 9.47 Å². The number of ether oxygens (including phenoxy) is 2. The van der Waals surface area contributed by atoms with Gasteiger partial charge in [-0.3, -0.25) is 4.79 Å². The van der Waals surface area contributed by atoms with E-state index in [1.165, 1.54) is 4.31 Å². The predicted octanol–water partition coefficient (Wildman–Crippen LogP) is 3.13. The number of carbonyl (C=O) groups is 1. The molecule has 2 aromatic carbocycles. The van der Waals surface area contributed by atoms with Gasteiger partial charge in [0.25, 0.3) is 0 Å². The smallest absolute Gasteiger partial charge is 0.243 e. The molecule has 1 amide bonds. The molecule has 166 valence electrons. The molecule has 1 atom stereocenters. The summed E-state index contributed by atoms with van der Waals surface area (Å²) in [4.78, 5) is 12.9. The maximum absolute atomic E-state index is 12.7. The highest BCUT2D eigenvalue weighted by Gasteiger charge is 2.30. The van der Waals surface area contributed by atoms with E-state index in [2.05, 4.69) is 5.32 Å². The second-order valence-electron chi connectivity index (χ2n) is 8.06. The van der Waals surface area contributed by atoms with Crippen LogP contribution in [-0.2, 0) is 14.8 Å². The molecule has 0 saturated carbocycles. The number of sulfonamides is 1. The summed E-state index contributed by atoms with van der Waals surface area (Å²) in [6, 6.07) is 14.1. The molecule has 2 aliphatic rings. The molecule has 4 rings (SSSR count). The van der Waals surface area contributed by atoms with Gasteiger partial charge < -0.3 is 14.8 Å². The van der Waals surface area contributed by atoms with Crippen molar-refractivity contribution in [1.29, 1.82) is 0 Å². The summed E-state index contributed by atoms with van der Waals surface area (Å²) in [7, 11) is -3.47. The van der Waals surface area contributed by atoms with E-state index in [0.29, 0.717) is 56.2 Å². The molecule has 2 aromatic rings. The van der Waals surface area contributed by atoms with E-state index >= 15 is 0 Å². The van der Waals surface area contributed by atoms with Crippen molar-refractivity contribution < 1.29 is 22.7 Å². The average Bonchev–Trinajstić information content (AvgIpc) is 2.79. The van der Waals surface area contributed by atoms with Crippen molar-refractivity contribution in [1.82, 2.24) is 9.62 Å². The number of rotatable bonds is 6. The predicted molar refractivity (Wildman–Crippen MR) is 117 cm³/mol. The van der Waals surface area contributed by atoms with Crippen LogP contribution in [0, 0.1) is 5.92 Å². The van der Waals surface area contributed by atoms with E-state index in [0.717, 1.165) is 11.3 Å². The van der Waals surface area contributed by atoms with E-state index in [9.17, 15) is 13.2 Å². The van der Waals surface area contributed by atoms with Crippen molar-refractivity contribution in [2.24, 2.45) is 5.92 Å². The normalized spacial score (nSPS) is 18.4. The largest absolute Gasteiger partial charge is 0.486 e. The van der Waals surface area contributed by atoms with Crippen LogP contribution in [-0.4, -0.2) is 44.9 Å². The first-order chi connectivity index (χ1) is 14.9. The molecule has 0 aliphatic carbocycles. The van der Waals surface area contributed by atoms with Gasteiger partial charge in [-0.15, -0.1) is 0 Å². The highest BCUT2D eigenvalue weighted by atomic mass is 32.2. The van der Waals surface area contributed by atoms with Gasteiger partial charge in [0.1, 0.15) is 13.2 Å². The number of carbonyl (C=O) groups excluding carboxylic acids is 1. The van der Waals surface area contributed by atoms with Crippen LogP contribution in [0.5, 0.6) is 11.5 Å². The average molecular weight is 445 g/mol. The van der Waals surface area contributed by atoms with Crippen LogP contribution in [0.1, 0.15) is 37.8 Å². The summed E-state index contributed by atoms with van der Waals surface area (Å²) >= 11 is 0. The molecule has 1 saturated heterocycles. The second kappa shape index (κ2) is 9.28. The highest BCUT2D eigenvalue weighted by Crippen LogP contribution is 2.33. The molecule has 2 heterocycles. The standard InChI is InChI=1S/C23H28N2O5S/c1-17(19-7-8-21-22(16-19)30-14-13-29-21)24-23(26)15-18-9-11-25(12-10-18)31(27,28)20-5-3-2-4-6-20/h2-8,16-18H,9-15H2,1H3,(H,24,26). The molecule has 1 N–H and O–H groups in total.